The van der Waals surface area contributed by atoms with E-state index in [1.54, 1.807) is 0 Å². The van der Waals surface area contributed by atoms with Crippen molar-refractivity contribution in [2.75, 3.05) is 0 Å². The van der Waals surface area contributed by atoms with Crippen LogP contribution >= 0.6 is 0 Å². The highest BCUT2D eigenvalue weighted by Crippen LogP contribution is 2.14. The normalized spacial score (nSPS) is 12.1. The van der Waals surface area contributed by atoms with E-state index >= 15 is 0 Å². The Morgan fingerprint density at radius 1 is 1.11 bits per heavy atom. The van der Waals surface area contributed by atoms with Crippen molar-refractivity contribution in [1.29, 1.82) is 0 Å². The molecule has 0 saturated heterocycles. The minimum absolute atomic E-state index is 0.162. The summed E-state index contributed by atoms with van der Waals surface area (Å²) in [5, 5.41) is 4.07. The number of nitrogens with zero attached hydrogens (tertiary/aromatic N) is 1. The van der Waals surface area contributed by atoms with E-state index in [1.807, 2.05) is 45.0 Å². The monoisotopic (exact) mass is 246 g/mol. The van der Waals surface area contributed by atoms with E-state index in [2.05, 4.69) is 24.4 Å². The minimum atomic E-state index is -0.162. The van der Waals surface area contributed by atoms with Crippen LogP contribution in [0.3, 0.4) is 0 Å². The Kier molecular flexibility index (Phi) is 5.08. The maximum absolute atomic E-state index is 11.8. The lowest BCUT2D eigenvalue weighted by molar-refractivity contribution is 0.0954. The molecule has 1 rings (SSSR count). The third-order valence-electron chi connectivity index (χ3n) is 3.01. The van der Waals surface area contributed by atoms with Gasteiger partial charge in [-0.2, -0.15) is 5.10 Å². The molecular formula is C15H22N2O. The molecule has 0 unspecified atom stereocenters. The molecule has 3 heteroatoms. The van der Waals surface area contributed by atoms with Crippen LogP contribution in [0.4, 0.5) is 0 Å². The van der Waals surface area contributed by atoms with Gasteiger partial charge >= 0.3 is 0 Å². The molecule has 0 aliphatic heterocycles. The third-order valence-corrected chi connectivity index (χ3v) is 3.01. The van der Waals surface area contributed by atoms with E-state index in [-0.39, 0.29) is 5.91 Å². The molecule has 0 saturated carbocycles. The summed E-state index contributed by atoms with van der Waals surface area (Å²) in [6, 6.07) is 7.65. The summed E-state index contributed by atoms with van der Waals surface area (Å²) in [6.07, 6.45) is 0. The predicted molar refractivity (Wildman–Crippen MR) is 75.9 cm³/mol. The zero-order valence-electron chi connectivity index (χ0n) is 11.8. The first-order chi connectivity index (χ1) is 8.41. The summed E-state index contributed by atoms with van der Waals surface area (Å²) in [7, 11) is 0. The number of carbonyl (C=O) groups is 1. The summed E-state index contributed by atoms with van der Waals surface area (Å²) >= 11 is 0. The fourth-order valence-corrected chi connectivity index (χ4v) is 1.35. The van der Waals surface area contributed by atoms with E-state index < -0.39 is 0 Å². The maximum atomic E-state index is 11.8. The number of benzene rings is 1. The second-order valence-corrected chi connectivity index (χ2v) is 5.13. The molecule has 0 aliphatic carbocycles. The van der Waals surface area contributed by atoms with Gasteiger partial charge in [-0.3, -0.25) is 4.79 Å². The van der Waals surface area contributed by atoms with Gasteiger partial charge in [0.05, 0.1) is 0 Å². The van der Waals surface area contributed by atoms with Crippen molar-refractivity contribution in [2.24, 2.45) is 11.0 Å². The first kappa shape index (κ1) is 14.4. The van der Waals surface area contributed by atoms with Crippen LogP contribution in [0.1, 0.15) is 56.5 Å². The van der Waals surface area contributed by atoms with Gasteiger partial charge in [-0.25, -0.2) is 5.43 Å². The molecule has 0 fully saturated rings. The van der Waals surface area contributed by atoms with Gasteiger partial charge in [-0.15, -0.1) is 0 Å². The molecule has 1 N–H and O–H groups in total. The molecule has 0 aromatic heterocycles. The molecular weight excluding hydrogens is 224 g/mol. The smallest absolute Gasteiger partial charge is 0.267 e. The van der Waals surface area contributed by atoms with Crippen molar-refractivity contribution in [3.8, 4) is 0 Å². The van der Waals surface area contributed by atoms with Gasteiger partial charge in [0.2, 0.25) is 0 Å². The van der Waals surface area contributed by atoms with Crippen LogP contribution in [0.2, 0.25) is 0 Å². The topological polar surface area (TPSA) is 41.5 Å². The number of carbonyl (C=O) groups excluding carboxylic acids is 1. The molecule has 0 atom stereocenters. The Morgan fingerprint density at radius 3 is 2.11 bits per heavy atom. The molecule has 0 radical (unpaired) electrons. The van der Waals surface area contributed by atoms with Crippen molar-refractivity contribution >= 4 is 11.6 Å². The van der Waals surface area contributed by atoms with Crippen molar-refractivity contribution in [3.63, 3.8) is 0 Å². The van der Waals surface area contributed by atoms with Crippen molar-refractivity contribution in [1.82, 2.24) is 5.43 Å². The lowest BCUT2D eigenvalue weighted by Gasteiger charge is -2.07. The highest BCUT2D eigenvalue weighted by Gasteiger charge is 2.06. The molecule has 0 heterocycles. The Labute approximate surface area is 109 Å². The molecule has 98 valence electrons. The largest absolute Gasteiger partial charge is 0.271 e. The maximum Gasteiger partial charge on any atom is 0.271 e. The number of nitrogens with one attached hydrogen (secondary N) is 1. The molecule has 1 amide bonds. The lowest BCUT2D eigenvalue weighted by atomic mass is 10.0. The Bertz CT molecular complexity index is 430. The second kappa shape index (κ2) is 6.34. The van der Waals surface area contributed by atoms with Gasteiger partial charge in [0.1, 0.15) is 0 Å². The van der Waals surface area contributed by atoms with Crippen molar-refractivity contribution in [2.45, 2.75) is 40.5 Å². The van der Waals surface area contributed by atoms with E-state index in [4.69, 9.17) is 0 Å². The number of hydrogen-bond acceptors (Lipinski definition) is 2. The Hall–Kier alpha value is -1.64. The molecule has 1 aromatic carbocycles. The zero-order chi connectivity index (χ0) is 13.7. The first-order valence-electron chi connectivity index (χ1n) is 6.36. The summed E-state index contributed by atoms with van der Waals surface area (Å²) < 4.78 is 0. The average molecular weight is 246 g/mol. The van der Waals surface area contributed by atoms with Gasteiger partial charge in [-0.05, 0) is 36.5 Å². The van der Waals surface area contributed by atoms with Crippen LogP contribution in [0, 0.1) is 5.92 Å². The number of hydrazone groups is 1. The average Bonchev–Trinajstić information content (AvgIpc) is 2.35. The predicted octanol–water partition coefficient (Wildman–Crippen LogP) is 3.57. The van der Waals surface area contributed by atoms with Crippen molar-refractivity contribution in [3.05, 3.63) is 35.4 Å². The van der Waals surface area contributed by atoms with Crippen LogP contribution < -0.4 is 5.43 Å². The SMILES string of the molecule is CC(=NNC(=O)c1ccc(C(C)C)cc1)C(C)C. The second-order valence-electron chi connectivity index (χ2n) is 5.13. The van der Waals surface area contributed by atoms with Gasteiger partial charge < -0.3 is 0 Å². The third kappa shape index (κ3) is 3.99. The number of amides is 1. The van der Waals surface area contributed by atoms with Crippen LogP contribution in [0.5, 0.6) is 0 Å². The highest BCUT2D eigenvalue weighted by molar-refractivity contribution is 5.95. The fourth-order valence-electron chi connectivity index (χ4n) is 1.35. The minimum Gasteiger partial charge on any atom is -0.267 e. The number of rotatable bonds is 4. The highest BCUT2D eigenvalue weighted by atomic mass is 16.2. The summed E-state index contributed by atoms with van der Waals surface area (Å²) in [6.45, 7) is 10.3. The fraction of sp³-hybridized carbons (Fsp3) is 0.467. The lowest BCUT2D eigenvalue weighted by Crippen LogP contribution is -2.20. The molecule has 3 nitrogen and oxygen atoms in total. The zero-order valence-corrected chi connectivity index (χ0v) is 11.8. The molecule has 18 heavy (non-hydrogen) atoms. The first-order valence-corrected chi connectivity index (χ1v) is 6.36. The molecule has 1 aromatic rings. The van der Waals surface area contributed by atoms with E-state index in [0.29, 0.717) is 17.4 Å². The molecule has 0 spiro atoms. The summed E-state index contributed by atoms with van der Waals surface area (Å²) in [4.78, 5) is 11.8. The quantitative estimate of drug-likeness (QED) is 0.640. The van der Waals surface area contributed by atoms with Crippen LogP contribution in [0.15, 0.2) is 29.4 Å². The van der Waals surface area contributed by atoms with Crippen LogP contribution in [-0.4, -0.2) is 11.6 Å². The van der Waals surface area contributed by atoms with Gasteiger partial charge in [0, 0.05) is 11.3 Å². The standard InChI is InChI=1S/C15H22N2O/c1-10(2)12(5)16-17-15(18)14-8-6-13(7-9-14)11(3)4/h6-11H,1-5H3,(H,17,18). The van der Waals surface area contributed by atoms with Gasteiger partial charge in [0.25, 0.3) is 5.91 Å². The van der Waals surface area contributed by atoms with Crippen LogP contribution in [-0.2, 0) is 0 Å². The Morgan fingerprint density at radius 2 is 1.67 bits per heavy atom. The summed E-state index contributed by atoms with van der Waals surface area (Å²) in [5.74, 6) is 0.655. The molecule has 0 aliphatic rings. The van der Waals surface area contributed by atoms with Gasteiger partial charge in [-0.1, -0.05) is 39.8 Å². The van der Waals surface area contributed by atoms with E-state index in [0.717, 1.165) is 5.71 Å². The van der Waals surface area contributed by atoms with Crippen molar-refractivity contribution < 1.29 is 4.79 Å². The van der Waals surface area contributed by atoms with E-state index in [9.17, 15) is 4.79 Å². The van der Waals surface area contributed by atoms with Gasteiger partial charge in [0.15, 0.2) is 0 Å². The van der Waals surface area contributed by atoms with Crippen LogP contribution in [0.25, 0.3) is 0 Å². The van der Waals surface area contributed by atoms with E-state index in [1.165, 1.54) is 5.56 Å². The summed E-state index contributed by atoms with van der Waals surface area (Å²) in [5.41, 5.74) is 5.37. The Balaban J connectivity index is 2.71. The molecule has 0 bridgehead atoms. The number of hydrogen-bond donors (Lipinski definition) is 1.